The molecule has 2 heterocycles. The number of aliphatic imine (C=N–C) groups is 1. The zero-order valence-electron chi connectivity index (χ0n) is 18.3. The third kappa shape index (κ3) is 3.16. The molecule has 2 aliphatic rings. The summed E-state index contributed by atoms with van der Waals surface area (Å²) in [5.41, 5.74) is 9.85. The third-order valence-corrected chi connectivity index (χ3v) is 6.46. The number of aromatic nitrogens is 1. The van der Waals surface area contributed by atoms with Crippen molar-refractivity contribution >= 4 is 33.1 Å². The van der Waals surface area contributed by atoms with Crippen molar-refractivity contribution in [2.45, 2.75) is 13.3 Å². The molecule has 0 spiro atoms. The van der Waals surface area contributed by atoms with Gasteiger partial charge >= 0.3 is 0 Å². The first-order chi connectivity index (χ1) is 16.2. The highest BCUT2D eigenvalue weighted by Gasteiger charge is 2.16. The van der Waals surface area contributed by atoms with E-state index in [1.54, 1.807) is 0 Å². The van der Waals surface area contributed by atoms with E-state index in [1.165, 1.54) is 21.9 Å². The number of nitrogens with zero attached hydrogens (tertiary/aromatic N) is 3. The van der Waals surface area contributed by atoms with Crippen LogP contribution in [0.4, 0.5) is 0 Å². The number of benzene rings is 3. The van der Waals surface area contributed by atoms with E-state index in [0.717, 1.165) is 40.0 Å². The van der Waals surface area contributed by atoms with Crippen LogP contribution in [0.25, 0.3) is 33.1 Å². The quantitative estimate of drug-likeness (QED) is 0.334. The Morgan fingerprint density at radius 1 is 0.909 bits per heavy atom. The molecule has 0 bridgehead atoms. The molecule has 0 fully saturated rings. The second-order valence-corrected chi connectivity index (χ2v) is 8.44. The van der Waals surface area contributed by atoms with E-state index in [0.29, 0.717) is 5.56 Å². The summed E-state index contributed by atoms with van der Waals surface area (Å²) in [6.45, 7) is 2.17. The Hall–Kier alpha value is -4.42. The van der Waals surface area contributed by atoms with E-state index in [1.807, 2.05) is 24.4 Å². The maximum Gasteiger partial charge on any atom is 0.0992 e. The van der Waals surface area contributed by atoms with Crippen LogP contribution >= 0.6 is 0 Å². The highest BCUT2D eigenvalue weighted by Crippen LogP contribution is 2.35. The molecule has 0 saturated heterocycles. The minimum Gasteiger partial charge on any atom is -0.309 e. The minimum atomic E-state index is 0.657. The smallest absolute Gasteiger partial charge is 0.0992 e. The zero-order valence-corrected chi connectivity index (χ0v) is 18.3. The molecule has 3 heteroatoms. The van der Waals surface area contributed by atoms with E-state index in [4.69, 9.17) is 0 Å². The van der Waals surface area contributed by atoms with Crippen LogP contribution in [0.15, 0.2) is 113 Å². The van der Waals surface area contributed by atoms with Gasteiger partial charge in [-0.05, 0) is 84.2 Å². The first kappa shape index (κ1) is 19.3. The van der Waals surface area contributed by atoms with Gasteiger partial charge in [-0.15, -0.1) is 0 Å². The highest BCUT2D eigenvalue weighted by atomic mass is 15.0. The predicted molar refractivity (Wildman–Crippen MR) is 137 cm³/mol. The summed E-state index contributed by atoms with van der Waals surface area (Å²) >= 11 is 0. The van der Waals surface area contributed by atoms with Gasteiger partial charge in [0.05, 0.1) is 28.4 Å². The molecular formula is C30H21N3. The molecule has 3 nitrogen and oxygen atoms in total. The van der Waals surface area contributed by atoms with Gasteiger partial charge in [-0.2, -0.15) is 5.26 Å². The minimum absolute atomic E-state index is 0.657. The van der Waals surface area contributed by atoms with Gasteiger partial charge in [0, 0.05) is 22.7 Å². The summed E-state index contributed by atoms with van der Waals surface area (Å²) in [6, 6.07) is 25.1. The summed E-state index contributed by atoms with van der Waals surface area (Å²) in [5.74, 6) is 0. The molecule has 1 aliphatic heterocycles. The fourth-order valence-electron chi connectivity index (χ4n) is 4.87. The molecule has 0 N–H and O–H groups in total. The number of hydrogen-bond acceptors (Lipinski definition) is 2. The lowest BCUT2D eigenvalue weighted by atomic mass is 9.97. The summed E-state index contributed by atoms with van der Waals surface area (Å²) in [7, 11) is 0. The third-order valence-electron chi connectivity index (χ3n) is 6.46. The van der Waals surface area contributed by atoms with Gasteiger partial charge in [-0.1, -0.05) is 42.5 Å². The molecular weight excluding hydrogens is 402 g/mol. The molecule has 4 aromatic rings. The van der Waals surface area contributed by atoms with Crippen molar-refractivity contribution in [1.82, 2.24) is 4.57 Å². The molecule has 3 aromatic carbocycles. The lowest BCUT2D eigenvalue weighted by Gasteiger charge is -2.11. The second-order valence-electron chi connectivity index (χ2n) is 8.44. The zero-order chi connectivity index (χ0) is 22.4. The molecule has 6 rings (SSSR count). The maximum atomic E-state index is 9.40. The van der Waals surface area contributed by atoms with Gasteiger partial charge in [0.2, 0.25) is 0 Å². The fourth-order valence-corrected chi connectivity index (χ4v) is 4.87. The summed E-state index contributed by atoms with van der Waals surface area (Å²) in [5, 5.41) is 11.8. The van der Waals surface area contributed by atoms with Crippen LogP contribution in [0, 0.1) is 11.3 Å². The number of hydrogen-bond donors (Lipinski definition) is 0. The molecule has 1 aromatic heterocycles. The SMILES string of the molecule is CC1=C2/CC=C/C2=N/C=C/C(c2ccc3c(c2)c2ccccc2n3-c2cccc(C#N)c2)=C\1. The Balaban J connectivity index is 1.56. The number of nitriles is 1. The second kappa shape index (κ2) is 7.62. The van der Waals surface area contributed by atoms with E-state index >= 15 is 0 Å². The van der Waals surface area contributed by atoms with Crippen molar-refractivity contribution in [2.75, 3.05) is 0 Å². The van der Waals surface area contributed by atoms with Crippen LogP contribution < -0.4 is 0 Å². The van der Waals surface area contributed by atoms with E-state index in [-0.39, 0.29) is 0 Å². The highest BCUT2D eigenvalue weighted by molar-refractivity contribution is 6.13. The maximum absolute atomic E-state index is 9.40. The van der Waals surface area contributed by atoms with Gasteiger partial charge in [-0.25, -0.2) is 0 Å². The topological polar surface area (TPSA) is 41.1 Å². The Labute approximate surface area is 192 Å². The lowest BCUT2D eigenvalue weighted by Crippen LogP contribution is -1.97. The Bertz CT molecular complexity index is 1650. The Morgan fingerprint density at radius 3 is 2.70 bits per heavy atom. The summed E-state index contributed by atoms with van der Waals surface area (Å²) in [6.07, 6.45) is 11.5. The average Bonchev–Trinajstić information content (AvgIpc) is 3.44. The van der Waals surface area contributed by atoms with Crippen LogP contribution in [0.1, 0.15) is 24.5 Å². The van der Waals surface area contributed by atoms with Gasteiger partial charge in [0.15, 0.2) is 0 Å². The van der Waals surface area contributed by atoms with E-state index in [2.05, 4.69) is 95.4 Å². The lowest BCUT2D eigenvalue weighted by molar-refractivity contribution is 1.18. The van der Waals surface area contributed by atoms with Crippen LogP contribution in [-0.4, -0.2) is 10.3 Å². The molecule has 1 aliphatic carbocycles. The Morgan fingerprint density at radius 2 is 1.79 bits per heavy atom. The van der Waals surface area contributed by atoms with Crippen LogP contribution in [0.5, 0.6) is 0 Å². The summed E-state index contributed by atoms with van der Waals surface area (Å²) in [4.78, 5) is 4.66. The van der Waals surface area contributed by atoms with Crippen molar-refractivity contribution in [3.05, 3.63) is 120 Å². The molecule has 0 atom stereocenters. The molecule has 0 saturated carbocycles. The summed E-state index contributed by atoms with van der Waals surface area (Å²) < 4.78 is 2.24. The van der Waals surface area contributed by atoms with Crippen molar-refractivity contribution in [3.63, 3.8) is 0 Å². The molecule has 0 amide bonds. The van der Waals surface area contributed by atoms with E-state index in [9.17, 15) is 5.26 Å². The standard InChI is InChI=1S/C30H21N3/c1-20-16-23(14-15-32-28-10-5-9-25(20)28)22-12-13-30-27(18-22)26-8-2-3-11-29(26)33(30)24-7-4-6-21(17-24)19-31/h2-8,10-18H,9H2,1H3/b15-14+,20-16?,23-14?,23-16+,25-20+,32-15?,32-28-. The molecule has 0 radical (unpaired) electrons. The fraction of sp³-hybridized carbons (Fsp3) is 0.0667. The van der Waals surface area contributed by atoms with Crippen molar-refractivity contribution in [1.29, 1.82) is 5.26 Å². The predicted octanol–water partition coefficient (Wildman–Crippen LogP) is 7.28. The van der Waals surface area contributed by atoms with Crippen LogP contribution in [-0.2, 0) is 0 Å². The van der Waals surface area contributed by atoms with Gasteiger partial charge in [0.1, 0.15) is 0 Å². The normalized spacial score (nSPS) is 21.6. The number of rotatable bonds is 2. The molecule has 156 valence electrons. The molecule has 33 heavy (non-hydrogen) atoms. The monoisotopic (exact) mass is 423 g/mol. The first-order valence-corrected chi connectivity index (χ1v) is 11.1. The number of fused-ring (bicyclic) bond motifs is 4. The molecule has 0 unspecified atom stereocenters. The van der Waals surface area contributed by atoms with Crippen molar-refractivity contribution in [2.24, 2.45) is 4.99 Å². The first-order valence-electron chi connectivity index (χ1n) is 11.1. The van der Waals surface area contributed by atoms with Crippen molar-refractivity contribution in [3.8, 4) is 11.8 Å². The average molecular weight is 424 g/mol. The van der Waals surface area contributed by atoms with Crippen LogP contribution in [0.2, 0.25) is 0 Å². The van der Waals surface area contributed by atoms with Gasteiger partial charge in [0.25, 0.3) is 0 Å². The van der Waals surface area contributed by atoms with E-state index < -0.39 is 0 Å². The largest absolute Gasteiger partial charge is 0.309 e. The van der Waals surface area contributed by atoms with Gasteiger partial charge < -0.3 is 4.57 Å². The van der Waals surface area contributed by atoms with Crippen LogP contribution in [0.3, 0.4) is 0 Å². The van der Waals surface area contributed by atoms with Crippen molar-refractivity contribution < 1.29 is 0 Å². The van der Waals surface area contributed by atoms with Gasteiger partial charge in [-0.3, -0.25) is 4.99 Å². The Kier molecular flexibility index (Phi) is 4.45. The number of allylic oxidation sites excluding steroid dienone is 7. The number of para-hydroxylation sites is 1.